The van der Waals surface area contributed by atoms with Crippen molar-refractivity contribution >= 4 is 23.1 Å². The van der Waals surface area contributed by atoms with E-state index in [0.717, 1.165) is 46.8 Å². The monoisotopic (exact) mass is 494 g/mol. The Morgan fingerprint density at radius 1 is 0.919 bits per heavy atom. The van der Waals surface area contributed by atoms with E-state index in [1.807, 2.05) is 78.6 Å². The lowest BCUT2D eigenvalue weighted by Gasteiger charge is -2.35. The number of para-hydroxylation sites is 2. The molecule has 2 atom stereocenters. The molecule has 0 unspecified atom stereocenters. The second kappa shape index (κ2) is 11.0. The predicted molar refractivity (Wildman–Crippen MR) is 148 cm³/mol. The maximum Gasteiger partial charge on any atom is 0.227 e. The lowest BCUT2D eigenvalue weighted by molar-refractivity contribution is -0.119. The van der Waals surface area contributed by atoms with E-state index in [9.17, 15) is 9.59 Å². The Morgan fingerprint density at radius 2 is 1.65 bits per heavy atom. The molecule has 190 valence electrons. The summed E-state index contributed by atoms with van der Waals surface area (Å²) in [6.45, 7) is 4.73. The van der Waals surface area contributed by atoms with Crippen molar-refractivity contribution in [2.45, 2.75) is 57.9 Å². The average molecular weight is 495 g/mol. The zero-order chi connectivity index (χ0) is 25.8. The first kappa shape index (κ1) is 24.8. The summed E-state index contributed by atoms with van der Waals surface area (Å²) in [6, 6.07) is 25.5. The van der Waals surface area contributed by atoms with Gasteiger partial charge in [0, 0.05) is 24.1 Å². The molecule has 1 amide bonds. The van der Waals surface area contributed by atoms with Crippen molar-refractivity contribution in [3.8, 4) is 5.75 Å². The van der Waals surface area contributed by atoms with E-state index in [2.05, 4.69) is 24.4 Å². The summed E-state index contributed by atoms with van der Waals surface area (Å²) in [5, 5.41) is 3.59. The molecule has 1 N–H and O–H groups in total. The Bertz CT molecular complexity index is 1300. The molecule has 0 radical (unpaired) electrons. The molecule has 37 heavy (non-hydrogen) atoms. The molecular weight excluding hydrogens is 460 g/mol. The van der Waals surface area contributed by atoms with Crippen LogP contribution in [0.2, 0.25) is 0 Å². The van der Waals surface area contributed by atoms with E-state index in [-0.39, 0.29) is 17.6 Å². The highest BCUT2D eigenvalue weighted by Gasteiger charge is 2.41. The molecule has 1 heterocycles. The normalized spacial score (nSPS) is 19.0. The minimum atomic E-state index is -0.470. The van der Waals surface area contributed by atoms with E-state index in [4.69, 9.17) is 4.74 Å². The fourth-order valence-corrected chi connectivity index (χ4v) is 5.39. The number of rotatable bonds is 7. The number of hydrogen-bond acceptors (Lipinski definition) is 4. The van der Waals surface area contributed by atoms with Gasteiger partial charge in [-0.15, -0.1) is 0 Å². The van der Waals surface area contributed by atoms with Gasteiger partial charge in [0.1, 0.15) is 5.75 Å². The molecule has 5 rings (SSSR count). The molecule has 0 aromatic heterocycles. The van der Waals surface area contributed by atoms with Crippen LogP contribution in [-0.4, -0.2) is 18.3 Å². The number of benzene rings is 3. The third-order valence-electron chi connectivity index (χ3n) is 7.29. The fourth-order valence-electron chi connectivity index (χ4n) is 5.39. The number of fused-ring (bicyclic) bond motifs is 1. The van der Waals surface area contributed by atoms with E-state index in [0.29, 0.717) is 31.4 Å². The summed E-state index contributed by atoms with van der Waals surface area (Å²) in [5.74, 6) is 0.988. The maximum absolute atomic E-state index is 13.9. The maximum atomic E-state index is 13.9. The van der Waals surface area contributed by atoms with Gasteiger partial charge in [-0.25, -0.2) is 0 Å². The highest BCUT2D eigenvalue weighted by atomic mass is 16.5. The van der Waals surface area contributed by atoms with Crippen LogP contribution < -0.4 is 15.0 Å². The number of carbonyl (C=O) groups is 2. The van der Waals surface area contributed by atoms with Crippen LogP contribution in [0, 0.1) is 0 Å². The zero-order valence-corrected chi connectivity index (χ0v) is 21.6. The SMILES string of the molecule is CCCCOc1ccc([C@H]2CC(=O)C3=C(C2)Nc2ccccc2N(C(=O)CC)[C@H]3c2ccccc2)cc1. The van der Waals surface area contributed by atoms with Crippen molar-refractivity contribution in [1.82, 2.24) is 0 Å². The predicted octanol–water partition coefficient (Wildman–Crippen LogP) is 7.18. The first-order valence-corrected chi connectivity index (χ1v) is 13.3. The smallest absolute Gasteiger partial charge is 0.227 e. The third-order valence-corrected chi connectivity index (χ3v) is 7.29. The first-order chi connectivity index (χ1) is 18.1. The Labute approximate surface area is 219 Å². The van der Waals surface area contributed by atoms with E-state index < -0.39 is 6.04 Å². The van der Waals surface area contributed by atoms with Gasteiger partial charge in [-0.3, -0.25) is 14.5 Å². The lowest BCUT2D eigenvalue weighted by Crippen LogP contribution is -2.38. The van der Waals surface area contributed by atoms with Gasteiger partial charge in [-0.2, -0.15) is 0 Å². The highest BCUT2D eigenvalue weighted by molar-refractivity contribution is 6.06. The van der Waals surface area contributed by atoms with E-state index in [1.54, 1.807) is 0 Å². The number of ketones is 1. The summed E-state index contributed by atoms with van der Waals surface area (Å²) in [4.78, 5) is 29.2. The molecule has 5 heteroatoms. The van der Waals surface area contributed by atoms with Gasteiger partial charge in [0.2, 0.25) is 5.91 Å². The third kappa shape index (κ3) is 5.04. The van der Waals surface area contributed by atoms with Gasteiger partial charge < -0.3 is 10.1 Å². The van der Waals surface area contributed by atoms with Crippen molar-refractivity contribution in [3.05, 3.63) is 101 Å². The van der Waals surface area contributed by atoms with Crippen molar-refractivity contribution in [3.63, 3.8) is 0 Å². The summed E-state index contributed by atoms with van der Waals surface area (Å²) in [6.07, 6.45) is 3.58. The van der Waals surface area contributed by atoms with Crippen molar-refractivity contribution < 1.29 is 14.3 Å². The van der Waals surface area contributed by atoms with E-state index in [1.165, 1.54) is 0 Å². The Hall–Kier alpha value is -3.86. The average Bonchev–Trinajstić information content (AvgIpc) is 3.08. The quantitative estimate of drug-likeness (QED) is 0.354. The van der Waals surface area contributed by atoms with Gasteiger partial charge in [-0.05, 0) is 54.2 Å². The molecule has 3 aromatic carbocycles. The standard InChI is InChI=1S/C32H34N2O3/c1-3-5-19-37-25-17-15-22(16-18-25)24-20-27-31(29(35)21-24)32(23-11-7-6-8-12-23)34(30(36)4-2)28-14-10-9-13-26(28)33-27/h6-18,24,32-33H,3-5,19-21H2,1-2H3/t24-,32+/m1/s1. The van der Waals surface area contributed by atoms with Crippen LogP contribution in [0.25, 0.3) is 0 Å². The number of carbonyl (C=O) groups excluding carboxylic acids is 2. The number of nitrogens with one attached hydrogen (secondary N) is 1. The molecule has 5 nitrogen and oxygen atoms in total. The molecule has 0 saturated carbocycles. The number of anilines is 2. The number of allylic oxidation sites excluding steroid dienone is 1. The van der Waals surface area contributed by atoms with Crippen molar-refractivity contribution in [2.24, 2.45) is 0 Å². The van der Waals surface area contributed by atoms with Crippen LogP contribution in [0.15, 0.2) is 90.1 Å². The minimum absolute atomic E-state index is 0.00885. The molecule has 1 aliphatic carbocycles. The molecule has 0 saturated heterocycles. The number of hydrogen-bond donors (Lipinski definition) is 1. The molecule has 0 fully saturated rings. The van der Waals surface area contributed by atoms with Crippen LogP contribution in [0.4, 0.5) is 11.4 Å². The van der Waals surface area contributed by atoms with Gasteiger partial charge in [0.25, 0.3) is 0 Å². The van der Waals surface area contributed by atoms with Crippen molar-refractivity contribution in [2.75, 3.05) is 16.8 Å². The summed E-state index contributed by atoms with van der Waals surface area (Å²) >= 11 is 0. The van der Waals surface area contributed by atoms with Gasteiger partial charge in [0.05, 0.1) is 24.0 Å². The molecule has 1 aliphatic heterocycles. The van der Waals surface area contributed by atoms with Crippen LogP contribution >= 0.6 is 0 Å². The fraction of sp³-hybridized carbons (Fsp3) is 0.312. The zero-order valence-electron chi connectivity index (χ0n) is 21.6. The molecule has 0 spiro atoms. The van der Waals surface area contributed by atoms with Crippen LogP contribution in [0.5, 0.6) is 5.75 Å². The first-order valence-electron chi connectivity index (χ1n) is 13.3. The Balaban J connectivity index is 1.55. The van der Waals surface area contributed by atoms with Crippen LogP contribution in [0.3, 0.4) is 0 Å². The summed E-state index contributed by atoms with van der Waals surface area (Å²) in [7, 11) is 0. The summed E-state index contributed by atoms with van der Waals surface area (Å²) in [5.41, 5.74) is 5.31. The van der Waals surface area contributed by atoms with Crippen molar-refractivity contribution in [1.29, 1.82) is 0 Å². The molecule has 0 bridgehead atoms. The second-order valence-electron chi connectivity index (χ2n) is 9.76. The van der Waals surface area contributed by atoms with Gasteiger partial charge >= 0.3 is 0 Å². The Kier molecular flexibility index (Phi) is 7.40. The van der Waals surface area contributed by atoms with E-state index >= 15 is 0 Å². The number of nitrogens with zero attached hydrogens (tertiary/aromatic N) is 1. The van der Waals surface area contributed by atoms with Gasteiger partial charge in [0.15, 0.2) is 5.78 Å². The Morgan fingerprint density at radius 3 is 2.38 bits per heavy atom. The molecular formula is C32H34N2O3. The second-order valence-corrected chi connectivity index (χ2v) is 9.76. The van der Waals surface area contributed by atoms with Gasteiger partial charge in [-0.1, -0.05) is 74.9 Å². The highest BCUT2D eigenvalue weighted by Crippen LogP contribution is 2.47. The van der Waals surface area contributed by atoms with Crippen LogP contribution in [0.1, 0.15) is 69.0 Å². The topological polar surface area (TPSA) is 58.6 Å². The van der Waals surface area contributed by atoms with Crippen LogP contribution in [-0.2, 0) is 9.59 Å². The number of Topliss-reactive ketones (excluding diaryl/α,β-unsaturated/α-hetero) is 1. The number of amides is 1. The number of unbranched alkanes of at least 4 members (excludes halogenated alkanes) is 1. The minimum Gasteiger partial charge on any atom is -0.494 e. The largest absolute Gasteiger partial charge is 0.494 e. The lowest BCUT2D eigenvalue weighted by atomic mass is 9.78. The molecule has 3 aromatic rings. The molecule has 2 aliphatic rings. The number of ether oxygens (including phenoxy) is 1. The summed E-state index contributed by atoms with van der Waals surface area (Å²) < 4.78 is 5.83.